The van der Waals surface area contributed by atoms with E-state index in [-0.39, 0.29) is 17.2 Å². The molecule has 1 aromatic rings. The summed E-state index contributed by atoms with van der Waals surface area (Å²) in [6, 6.07) is 4.17. The number of Topliss-reactive ketones (excluding diaryl/α,β-unsaturated/α-hetero) is 1. The summed E-state index contributed by atoms with van der Waals surface area (Å²) >= 11 is 0. The second-order valence-corrected chi connectivity index (χ2v) is 3.15. The van der Waals surface area contributed by atoms with Crippen LogP contribution in [0.3, 0.4) is 0 Å². The van der Waals surface area contributed by atoms with Gasteiger partial charge in [0.2, 0.25) is 0 Å². The highest BCUT2D eigenvalue weighted by molar-refractivity contribution is 5.96. The molecule has 0 heterocycles. The van der Waals surface area contributed by atoms with Crippen molar-refractivity contribution in [2.45, 2.75) is 20.3 Å². The summed E-state index contributed by atoms with van der Waals surface area (Å²) in [5.74, 6) is 0.0858. The summed E-state index contributed by atoms with van der Waals surface area (Å²) in [7, 11) is 0. The summed E-state index contributed by atoms with van der Waals surface area (Å²) < 4.78 is 5.14. The predicted octanol–water partition coefficient (Wildman–Crippen LogP) is 2.59. The van der Waals surface area contributed by atoms with Gasteiger partial charge in [-0.3, -0.25) is 14.9 Å². The molecule has 0 saturated heterocycles. The molecule has 5 nitrogen and oxygen atoms in total. The molecule has 0 aromatic heterocycles. The van der Waals surface area contributed by atoms with E-state index >= 15 is 0 Å². The van der Waals surface area contributed by atoms with Crippen LogP contribution >= 0.6 is 0 Å². The summed E-state index contributed by atoms with van der Waals surface area (Å²) in [5, 5.41) is 10.7. The number of ketones is 1. The first-order valence-electron chi connectivity index (χ1n) is 5.04. The van der Waals surface area contributed by atoms with Gasteiger partial charge in [0.25, 0.3) is 0 Å². The summed E-state index contributed by atoms with van der Waals surface area (Å²) in [6.07, 6.45) is 0.364. The van der Waals surface area contributed by atoms with Crippen molar-refractivity contribution in [3.05, 3.63) is 33.9 Å². The standard InChI is InChI=1S/C11H13NO4/c1-3-10(13)8-5-6-9(12(14)15)11(7-8)16-4-2/h5-7H,3-4H2,1-2H3. The maximum atomic E-state index is 11.4. The molecule has 0 fully saturated rings. The highest BCUT2D eigenvalue weighted by Gasteiger charge is 2.16. The van der Waals surface area contributed by atoms with Crippen molar-refractivity contribution < 1.29 is 14.5 Å². The van der Waals surface area contributed by atoms with Crippen LogP contribution < -0.4 is 4.74 Å². The minimum absolute atomic E-state index is 0.0594. The molecule has 0 spiro atoms. The molecule has 0 atom stereocenters. The molecule has 0 bridgehead atoms. The molecule has 0 unspecified atom stereocenters. The Morgan fingerprint density at radius 3 is 2.62 bits per heavy atom. The Bertz CT molecular complexity index is 414. The zero-order valence-electron chi connectivity index (χ0n) is 9.23. The van der Waals surface area contributed by atoms with E-state index in [4.69, 9.17) is 4.74 Å². The van der Waals surface area contributed by atoms with Gasteiger partial charge in [-0.15, -0.1) is 0 Å². The van der Waals surface area contributed by atoms with Gasteiger partial charge in [0.1, 0.15) is 0 Å². The molecule has 0 saturated carbocycles. The van der Waals surface area contributed by atoms with Gasteiger partial charge in [0.15, 0.2) is 11.5 Å². The lowest BCUT2D eigenvalue weighted by Crippen LogP contribution is -2.01. The fourth-order valence-corrected chi connectivity index (χ4v) is 1.31. The number of nitrogens with zero attached hydrogens (tertiary/aromatic N) is 1. The van der Waals surface area contributed by atoms with Crippen LogP contribution in [0.15, 0.2) is 18.2 Å². The Morgan fingerprint density at radius 2 is 2.12 bits per heavy atom. The maximum Gasteiger partial charge on any atom is 0.310 e. The van der Waals surface area contributed by atoms with Gasteiger partial charge < -0.3 is 4.74 Å². The average Bonchev–Trinajstić information content (AvgIpc) is 2.28. The third-order valence-electron chi connectivity index (χ3n) is 2.10. The Morgan fingerprint density at radius 1 is 1.44 bits per heavy atom. The minimum Gasteiger partial charge on any atom is -0.487 e. The molecule has 5 heteroatoms. The average molecular weight is 223 g/mol. The molecule has 0 aliphatic heterocycles. The van der Waals surface area contributed by atoms with Crippen LogP contribution in [0, 0.1) is 10.1 Å². The smallest absolute Gasteiger partial charge is 0.310 e. The third-order valence-corrected chi connectivity index (χ3v) is 2.10. The first-order valence-corrected chi connectivity index (χ1v) is 5.04. The van der Waals surface area contributed by atoms with Crippen LogP contribution in [0.5, 0.6) is 5.75 Å². The number of rotatable bonds is 5. The molecule has 1 aromatic carbocycles. The number of hydrogen-bond acceptors (Lipinski definition) is 4. The van der Waals surface area contributed by atoms with Gasteiger partial charge in [-0.1, -0.05) is 6.92 Å². The minimum atomic E-state index is -0.523. The van der Waals surface area contributed by atoms with Gasteiger partial charge in [-0.25, -0.2) is 0 Å². The second kappa shape index (κ2) is 5.25. The normalized spacial score (nSPS) is 9.88. The Balaban J connectivity index is 3.16. The van der Waals surface area contributed by atoms with E-state index in [1.54, 1.807) is 13.8 Å². The second-order valence-electron chi connectivity index (χ2n) is 3.15. The Hall–Kier alpha value is -1.91. The molecule has 86 valence electrons. The summed E-state index contributed by atoms with van der Waals surface area (Å²) in [4.78, 5) is 21.6. The van der Waals surface area contributed by atoms with Crippen LogP contribution in [0.2, 0.25) is 0 Å². The van der Waals surface area contributed by atoms with Crippen molar-refractivity contribution >= 4 is 11.5 Å². The number of carbonyl (C=O) groups excluding carboxylic acids is 1. The van der Waals surface area contributed by atoms with Crippen molar-refractivity contribution in [1.82, 2.24) is 0 Å². The zero-order valence-corrected chi connectivity index (χ0v) is 9.23. The highest BCUT2D eigenvalue weighted by atomic mass is 16.6. The van der Waals surface area contributed by atoms with Gasteiger partial charge in [-0.05, 0) is 19.1 Å². The molecule has 16 heavy (non-hydrogen) atoms. The van der Waals surface area contributed by atoms with E-state index in [9.17, 15) is 14.9 Å². The topological polar surface area (TPSA) is 69.4 Å². The molecule has 0 radical (unpaired) electrons. The van der Waals surface area contributed by atoms with Crippen molar-refractivity contribution in [2.24, 2.45) is 0 Å². The summed E-state index contributed by atoms with van der Waals surface area (Å²) in [5.41, 5.74) is 0.325. The van der Waals surface area contributed by atoms with Crippen molar-refractivity contribution in [3.8, 4) is 5.75 Å². The van der Waals surface area contributed by atoms with Crippen LogP contribution in [-0.4, -0.2) is 17.3 Å². The van der Waals surface area contributed by atoms with E-state index in [0.717, 1.165) is 0 Å². The fraction of sp³-hybridized carbons (Fsp3) is 0.364. The van der Waals surface area contributed by atoms with E-state index in [0.29, 0.717) is 18.6 Å². The van der Waals surface area contributed by atoms with E-state index in [1.807, 2.05) is 0 Å². The van der Waals surface area contributed by atoms with E-state index in [1.165, 1.54) is 18.2 Å². The number of nitro groups is 1. The number of carbonyl (C=O) groups is 1. The molecule has 0 aliphatic carbocycles. The molecule has 0 aliphatic rings. The zero-order chi connectivity index (χ0) is 12.1. The first kappa shape index (κ1) is 12.2. The largest absolute Gasteiger partial charge is 0.487 e. The predicted molar refractivity (Wildman–Crippen MR) is 58.9 cm³/mol. The fourth-order valence-electron chi connectivity index (χ4n) is 1.31. The van der Waals surface area contributed by atoms with Gasteiger partial charge in [0.05, 0.1) is 11.5 Å². The number of nitro benzene ring substituents is 1. The molecule has 0 N–H and O–H groups in total. The summed E-state index contributed by atoms with van der Waals surface area (Å²) in [6.45, 7) is 3.80. The Labute approximate surface area is 93.2 Å². The van der Waals surface area contributed by atoms with Crippen molar-refractivity contribution in [3.63, 3.8) is 0 Å². The monoisotopic (exact) mass is 223 g/mol. The number of hydrogen-bond donors (Lipinski definition) is 0. The van der Waals surface area contributed by atoms with Crippen molar-refractivity contribution in [1.29, 1.82) is 0 Å². The maximum absolute atomic E-state index is 11.4. The molecular weight excluding hydrogens is 210 g/mol. The van der Waals surface area contributed by atoms with Crippen LogP contribution in [0.25, 0.3) is 0 Å². The highest BCUT2D eigenvalue weighted by Crippen LogP contribution is 2.28. The van der Waals surface area contributed by atoms with Crippen LogP contribution in [0.4, 0.5) is 5.69 Å². The lowest BCUT2D eigenvalue weighted by molar-refractivity contribution is -0.385. The Kier molecular flexibility index (Phi) is 3.99. The SMILES string of the molecule is CCOc1cc(C(=O)CC)ccc1[N+](=O)[O-]. The van der Waals surface area contributed by atoms with Gasteiger partial charge in [0, 0.05) is 18.1 Å². The number of ether oxygens (including phenoxy) is 1. The lowest BCUT2D eigenvalue weighted by atomic mass is 10.1. The first-order chi connectivity index (χ1) is 7.60. The van der Waals surface area contributed by atoms with E-state index < -0.39 is 4.92 Å². The quantitative estimate of drug-likeness (QED) is 0.437. The van der Waals surface area contributed by atoms with Crippen molar-refractivity contribution in [2.75, 3.05) is 6.61 Å². The molecule has 0 amide bonds. The third kappa shape index (κ3) is 2.56. The van der Waals surface area contributed by atoms with Gasteiger partial charge >= 0.3 is 5.69 Å². The van der Waals surface area contributed by atoms with Crippen LogP contribution in [0.1, 0.15) is 30.6 Å². The van der Waals surface area contributed by atoms with Gasteiger partial charge in [-0.2, -0.15) is 0 Å². The van der Waals surface area contributed by atoms with Crippen LogP contribution in [-0.2, 0) is 0 Å². The molecule has 1 rings (SSSR count). The molecular formula is C11H13NO4. The number of benzene rings is 1. The lowest BCUT2D eigenvalue weighted by Gasteiger charge is -2.05. The van der Waals surface area contributed by atoms with E-state index in [2.05, 4.69) is 0 Å².